The van der Waals surface area contributed by atoms with E-state index in [1.165, 1.54) is 6.08 Å². The number of anilines is 1. The average molecular weight is 349 g/mol. The highest BCUT2D eigenvalue weighted by Crippen LogP contribution is 2.21. The van der Waals surface area contributed by atoms with Crippen molar-refractivity contribution in [2.45, 2.75) is 25.4 Å². The Labute approximate surface area is 153 Å². The molecule has 0 unspecified atom stereocenters. The molecule has 0 spiro atoms. The van der Waals surface area contributed by atoms with Crippen molar-refractivity contribution in [1.82, 2.24) is 4.90 Å². The normalized spacial score (nSPS) is 17.5. The summed E-state index contributed by atoms with van der Waals surface area (Å²) in [6.07, 6.45) is 5.09. The van der Waals surface area contributed by atoms with Gasteiger partial charge in [-0.25, -0.2) is 0 Å². The number of nitrogens with two attached hydrogens (primary N) is 1. The van der Waals surface area contributed by atoms with Crippen molar-refractivity contribution in [1.29, 1.82) is 0 Å². The minimum atomic E-state index is -0.266. The van der Waals surface area contributed by atoms with Crippen molar-refractivity contribution in [3.8, 4) is 0 Å². The third-order valence-electron chi connectivity index (χ3n) is 4.50. The number of hydrogen-bond donors (Lipinski definition) is 2. The molecule has 1 fully saturated rings. The zero-order chi connectivity index (χ0) is 18.4. The molecule has 1 atom stereocenters. The number of benzene rings is 2. The van der Waals surface area contributed by atoms with Crippen LogP contribution in [0.1, 0.15) is 24.0 Å². The molecule has 5 nitrogen and oxygen atoms in total. The van der Waals surface area contributed by atoms with Crippen LogP contribution in [0.25, 0.3) is 6.08 Å². The Hall–Kier alpha value is -2.92. The van der Waals surface area contributed by atoms with Crippen LogP contribution in [0.4, 0.5) is 5.69 Å². The quantitative estimate of drug-likeness (QED) is 0.788. The largest absolute Gasteiger partial charge is 0.368 e. The Morgan fingerprint density at radius 1 is 1.15 bits per heavy atom. The summed E-state index contributed by atoms with van der Waals surface area (Å²) in [4.78, 5) is 25.7. The SMILES string of the molecule is NC(=O)[C@H]1CCCN1Cc1cccc(NC(=O)/C=C\c2ccccc2)c1. The van der Waals surface area contributed by atoms with Crippen LogP contribution in [-0.4, -0.2) is 29.3 Å². The van der Waals surface area contributed by atoms with Gasteiger partial charge >= 0.3 is 0 Å². The first-order valence-electron chi connectivity index (χ1n) is 8.78. The van der Waals surface area contributed by atoms with Gasteiger partial charge in [0, 0.05) is 18.3 Å². The Morgan fingerprint density at radius 2 is 1.96 bits per heavy atom. The average Bonchev–Trinajstić information content (AvgIpc) is 3.09. The van der Waals surface area contributed by atoms with Crippen LogP contribution in [0.5, 0.6) is 0 Å². The molecule has 134 valence electrons. The second-order valence-corrected chi connectivity index (χ2v) is 6.46. The van der Waals surface area contributed by atoms with E-state index in [-0.39, 0.29) is 17.9 Å². The summed E-state index contributed by atoms with van der Waals surface area (Å²) >= 11 is 0. The molecule has 0 aromatic heterocycles. The van der Waals surface area contributed by atoms with Gasteiger partial charge in [0.15, 0.2) is 0 Å². The van der Waals surface area contributed by atoms with Gasteiger partial charge in [-0.05, 0) is 48.7 Å². The number of primary amides is 1. The molecule has 0 radical (unpaired) electrons. The zero-order valence-electron chi connectivity index (χ0n) is 14.6. The lowest BCUT2D eigenvalue weighted by Gasteiger charge is -2.22. The van der Waals surface area contributed by atoms with Crippen LogP contribution in [0.2, 0.25) is 0 Å². The van der Waals surface area contributed by atoms with Crippen LogP contribution in [0, 0.1) is 0 Å². The minimum absolute atomic E-state index is 0.179. The van der Waals surface area contributed by atoms with E-state index >= 15 is 0 Å². The molecular formula is C21H23N3O2. The van der Waals surface area contributed by atoms with Gasteiger partial charge in [-0.2, -0.15) is 0 Å². The predicted octanol–water partition coefficient (Wildman–Crippen LogP) is 2.79. The van der Waals surface area contributed by atoms with Gasteiger partial charge < -0.3 is 11.1 Å². The van der Waals surface area contributed by atoms with E-state index in [0.29, 0.717) is 6.54 Å². The van der Waals surface area contributed by atoms with Gasteiger partial charge in [0.1, 0.15) is 0 Å². The fourth-order valence-electron chi connectivity index (χ4n) is 3.24. The van der Waals surface area contributed by atoms with Gasteiger partial charge in [-0.3, -0.25) is 14.5 Å². The number of nitrogens with one attached hydrogen (secondary N) is 1. The summed E-state index contributed by atoms with van der Waals surface area (Å²) in [5.74, 6) is -0.444. The van der Waals surface area contributed by atoms with Gasteiger partial charge in [-0.15, -0.1) is 0 Å². The predicted molar refractivity (Wildman–Crippen MR) is 103 cm³/mol. The van der Waals surface area contributed by atoms with Crippen molar-refractivity contribution in [3.05, 3.63) is 71.8 Å². The van der Waals surface area contributed by atoms with Crippen molar-refractivity contribution >= 4 is 23.6 Å². The first kappa shape index (κ1) is 17.9. The molecule has 1 heterocycles. The number of nitrogens with zero attached hydrogens (tertiary/aromatic N) is 1. The molecule has 2 aromatic rings. The van der Waals surface area contributed by atoms with E-state index in [0.717, 1.165) is 36.2 Å². The molecular weight excluding hydrogens is 326 g/mol. The Bertz CT molecular complexity index is 802. The number of hydrogen-bond acceptors (Lipinski definition) is 3. The molecule has 5 heteroatoms. The van der Waals surface area contributed by atoms with Gasteiger partial charge in [0.25, 0.3) is 0 Å². The highest BCUT2D eigenvalue weighted by atomic mass is 16.2. The maximum Gasteiger partial charge on any atom is 0.248 e. The van der Waals surface area contributed by atoms with Crippen molar-refractivity contribution in [2.75, 3.05) is 11.9 Å². The topological polar surface area (TPSA) is 75.4 Å². The summed E-state index contributed by atoms with van der Waals surface area (Å²) < 4.78 is 0. The third-order valence-corrected chi connectivity index (χ3v) is 4.50. The second-order valence-electron chi connectivity index (χ2n) is 6.46. The first-order valence-corrected chi connectivity index (χ1v) is 8.78. The minimum Gasteiger partial charge on any atom is -0.368 e. The summed E-state index contributed by atoms with van der Waals surface area (Å²) in [7, 11) is 0. The number of amides is 2. The van der Waals surface area contributed by atoms with Gasteiger partial charge in [0.05, 0.1) is 6.04 Å². The lowest BCUT2D eigenvalue weighted by molar-refractivity contribution is -0.122. The molecule has 1 saturated heterocycles. The lowest BCUT2D eigenvalue weighted by atomic mass is 10.1. The molecule has 0 saturated carbocycles. The van der Waals surface area contributed by atoms with E-state index in [9.17, 15) is 9.59 Å². The maximum atomic E-state index is 12.1. The van der Waals surface area contributed by atoms with E-state index in [1.807, 2.05) is 54.6 Å². The summed E-state index contributed by atoms with van der Waals surface area (Å²) in [5, 5.41) is 2.88. The molecule has 0 aliphatic carbocycles. The number of likely N-dealkylation sites (tertiary alicyclic amines) is 1. The molecule has 3 rings (SSSR count). The third kappa shape index (κ3) is 4.80. The summed E-state index contributed by atoms with van der Waals surface area (Å²) in [6, 6.07) is 17.2. The monoisotopic (exact) mass is 349 g/mol. The van der Waals surface area contributed by atoms with E-state index in [4.69, 9.17) is 5.73 Å². The smallest absolute Gasteiger partial charge is 0.248 e. The highest BCUT2D eigenvalue weighted by Gasteiger charge is 2.28. The van der Waals surface area contributed by atoms with Gasteiger partial charge in [0.2, 0.25) is 11.8 Å². The maximum absolute atomic E-state index is 12.1. The van der Waals surface area contributed by atoms with Crippen molar-refractivity contribution in [3.63, 3.8) is 0 Å². The molecule has 1 aliphatic rings. The fourth-order valence-corrected chi connectivity index (χ4v) is 3.24. The number of carbonyl (C=O) groups excluding carboxylic acids is 2. The number of rotatable bonds is 6. The first-order chi connectivity index (χ1) is 12.6. The lowest BCUT2D eigenvalue weighted by Crippen LogP contribution is -2.39. The highest BCUT2D eigenvalue weighted by molar-refractivity contribution is 6.01. The van der Waals surface area contributed by atoms with Crippen LogP contribution in [0.15, 0.2) is 60.7 Å². The zero-order valence-corrected chi connectivity index (χ0v) is 14.6. The standard InChI is InChI=1S/C21H23N3O2/c22-21(26)19-10-5-13-24(19)15-17-8-4-9-18(14-17)23-20(25)12-11-16-6-2-1-3-7-16/h1-4,6-9,11-12,14,19H,5,10,13,15H2,(H2,22,26)(H,23,25)/b12-11-/t19-/m1/s1. The van der Waals surface area contributed by atoms with Gasteiger partial charge in [-0.1, -0.05) is 42.5 Å². The summed E-state index contributed by atoms with van der Waals surface area (Å²) in [5.41, 5.74) is 8.23. The van der Waals surface area contributed by atoms with Crippen molar-refractivity contribution in [2.24, 2.45) is 5.73 Å². The molecule has 2 aromatic carbocycles. The fraction of sp³-hybridized carbons (Fsp3) is 0.238. The van der Waals surface area contributed by atoms with E-state index < -0.39 is 0 Å². The van der Waals surface area contributed by atoms with Crippen molar-refractivity contribution < 1.29 is 9.59 Å². The molecule has 2 amide bonds. The van der Waals surface area contributed by atoms with Crippen LogP contribution in [-0.2, 0) is 16.1 Å². The molecule has 26 heavy (non-hydrogen) atoms. The Kier molecular flexibility index (Phi) is 5.81. The Balaban J connectivity index is 1.61. The number of carbonyl (C=O) groups is 2. The van der Waals surface area contributed by atoms with E-state index in [2.05, 4.69) is 10.2 Å². The van der Waals surface area contributed by atoms with Crippen LogP contribution in [0.3, 0.4) is 0 Å². The Morgan fingerprint density at radius 3 is 2.73 bits per heavy atom. The molecule has 3 N–H and O–H groups in total. The van der Waals surface area contributed by atoms with Crippen LogP contribution < -0.4 is 11.1 Å². The van der Waals surface area contributed by atoms with E-state index in [1.54, 1.807) is 6.08 Å². The summed E-state index contributed by atoms with van der Waals surface area (Å²) in [6.45, 7) is 1.52. The molecule has 1 aliphatic heterocycles. The second kappa shape index (κ2) is 8.45. The molecule has 0 bridgehead atoms. The van der Waals surface area contributed by atoms with Crippen LogP contribution >= 0.6 is 0 Å².